The molecule has 2 aliphatic rings. The number of fused-ring (bicyclic) bond motifs is 4. The van der Waals surface area contributed by atoms with Crippen molar-refractivity contribution in [1.82, 2.24) is 0 Å². The lowest BCUT2D eigenvalue weighted by molar-refractivity contribution is 0.465. The molecule has 0 bridgehead atoms. The van der Waals surface area contributed by atoms with Crippen LogP contribution in [0.3, 0.4) is 0 Å². The van der Waals surface area contributed by atoms with Crippen LogP contribution in [0, 0.1) is 13.8 Å². The molecule has 0 radical (unpaired) electrons. The van der Waals surface area contributed by atoms with Gasteiger partial charge in [0.05, 0.1) is 21.8 Å². The van der Waals surface area contributed by atoms with Gasteiger partial charge in [0.25, 0.3) is 6.71 Å². The third kappa shape index (κ3) is 6.41. The molecule has 0 saturated heterocycles. The highest BCUT2D eigenvalue weighted by Crippen LogP contribution is 2.43. The Morgan fingerprint density at radius 2 is 0.857 bits per heavy atom. The van der Waals surface area contributed by atoms with Crippen molar-refractivity contribution in [2.75, 3.05) is 4.90 Å². The first-order valence-electron chi connectivity index (χ1n) is 19.8. The summed E-state index contributed by atoms with van der Waals surface area (Å²) in [7, 11) is -3.04. The molecule has 276 valence electrons. The van der Waals surface area contributed by atoms with E-state index in [1.807, 2.05) is 0 Å². The van der Waals surface area contributed by atoms with Crippen LogP contribution in [-0.4, -0.2) is 22.9 Å². The summed E-state index contributed by atoms with van der Waals surface area (Å²) in [4.78, 5) is 2.28. The van der Waals surface area contributed by atoms with Crippen molar-refractivity contribution in [2.24, 2.45) is 0 Å². The highest BCUT2D eigenvalue weighted by atomic mass is 28.3. The van der Waals surface area contributed by atoms with Gasteiger partial charge in [0, 0.05) is 29.0 Å². The summed E-state index contributed by atoms with van der Waals surface area (Å²) in [5, 5.41) is 2.91. The molecule has 6 heteroatoms. The largest absolute Gasteiger partial charge is 0.458 e. The Kier molecular flexibility index (Phi) is 8.75. The third-order valence-corrected chi connectivity index (χ3v) is 15.7. The van der Waals surface area contributed by atoms with Crippen LogP contribution in [0.5, 0.6) is 23.0 Å². The van der Waals surface area contributed by atoms with Gasteiger partial charge < -0.3 is 14.4 Å². The van der Waals surface area contributed by atoms with E-state index in [-0.39, 0.29) is 6.71 Å². The topological polar surface area (TPSA) is 21.7 Å². The third-order valence-electron chi connectivity index (χ3n) is 11.6. The lowest BCUT2D eigenvalue weighted by Crippen LogP contribution is -2.57. The zero-order valence-electron chi connectivity index (χ0n) is 33.7. The van der Waals surface area contributed by atoms with E-state index < -0.39 is 16.1 Å². The van der Waals surface area contributed by atoms with Crippen molar-refractivity contribution in [3.8, 4) is 45.3 Å². The van der Waals surface area contributed by atoms with Gasteiger partial charge in [-0.15, -0.1) is 0 Å². The first kappa shape index (κ1) is 36.1. The minimum Gasteiger partial charge on any atom is -0.458 e. The number of rotatable bonds is 7. The maximum Gasteiger partial charge on any atom is 0.260 e. The number of hydrogen-bond donors (Lipinski definition) is 0. The van der Waals surface area contributed by atoms with Crippen LogP contribution in [0.2, 0.25) is 39.3 Å². The molecule has 0 N–H and O–H groups in total. The van der Waals surface area contributed by atoms with Crippen molar-refractivity contribution in [3.05, 3.63) is 157 Å². The number of hydrogen-bond acceptors (Lipinski definition) is 3. The van der Waals surface area contributed by atoms with E-state index in [9.17, 15) is 0 Å². The minimum absolute atomic E-state index is 0.0459. The van der Waals surface area contributed by atoms with E-state index in [4.69, 9.17) is 9.47 Å². The standard InChI is InChI=1S/C50H48BNO2Si2/c1-33-19-23-40(55(3,4)5)31-42(33)35-21-25-44-46(27-35)53-48-29-39(52(37-15-11-9-12-16-37)38-17-13-10-14-18-38)30-49-50(48)51(44)45-26-22-36(28-47(45)54-49)43-32-41(56(6,7)8)24-20-34(43)2/h9-32H,1-8H3. The number of nitrogens with zero attached hydrogens (tertiary/aromatic N) is 1. The van der Waals surface area contributed by atoms with Gasteiger partial charge in [-0.1, -0.05) is 147 Å². The Bertz CT molecular complexity index is 2470. The first-order valence-corrected chi connectivity index (χ1v) is 26.8. The minimum atomic E-state index is -1.52. The molecule has 0 unspecified atom stereocenters. The molecule has 0 amide bonds. The fraction of sp³-hybridized carbons (Fsp3) is 0.160. The molecule has 0 aliphatic carbocycles. The Morgan fingerprint density at radius 1 is 0.429 bits per heavy atom. The maximum atomic E-state index is 7.06. The van der Waals surface area contributed by atoms with Gasteiger partial charge in [-0.2, -0.15) is 0 Å². The molecule has 0 spiro atoms. The molecular weight excluding hydrogens is 714 g/mol. The van der Waals surface area contributed by atoms with E-state index >= 15 is 0 Å². The van der Waals surface area contributed by atoms with E-state index in [0.717, 1.165) is 56.4 Å². The number of aryl methyl sites for hydroxylation is 2. The number of ether oxygens (including phenoxy) is 2. The smallest absolute Gasteiger partial charge is 0.260 e. The second-order valence-electron chi connectivity index (χ2n) is 17.6. The Balaban J connectivity index is 1.24. The summed E-state index contributed by atoms with van der Waals surface area (Å²) in [5.74, 6) is 3.43. The van der Waals surface area contributed by atoms with E-state index in [1.54, 1.807) is 0 Å². The van der Waals surface area contributed by atoms with Gasteiger partial charge in [-0.3, -0.25) is 0 Å². The molecule has 0 aromatic heterocycles. The summed E-state index contributed by atoms with van der Waals surface area (Å²) in [5.41, 5.74) is 13.9. The van der Waals surface area contributed by atoms with Crippen LogP contribution in [0.1, 0.15) is 11.1 Å². The van der Waals surface area contributed by atoms with Crippen molar-refractivity contribution in [3.63, 3.8) is 0 Å². The second kappa shape index (κ2) is 13.6. The van der Waals surface area contributed by atoms with Gasteiger partial charge in [0.1, 0.15) is 23.0 Å². The maximum absolute atomic E-state index is 7.06. The van der Waals surface area contributed by atoms with Crippen molar-refractivity contribution >= 4 is 66.7 Å². The van der Waals surface area contributed by atoms with Crippen LogP contribution in [0.25, 0.3) is 22.3 Å². The fourth-order valence-corrected chi connectivity index (χ4v) is 10.7. The number of anilines is 3. The van der Waals surface area contributed by atoms with Crippen molar-refractivity contribution in [1.29, 1.82) is 0 Å². The summed E-state index contributed by atoms with van der Waals surface area (Å²) in [6.07, 6.45) is 0. The second-order valence-corrected chi connectivity index (χ2v) is 27.7. The average molecular weight is 762 g/mol. The average Bonchev–Trinajstić information content (AvgIpc) is 3.17. The monoisotopic (exact) mass is 761 g/mol. The number of benzene rings is 7. The highest BCUT2D eigenvalue weighted by molar-refractivity contribution is 6.98. The Labute approximate surface area is 334 Å². The predicted octanol–water partition coefficient (Wildman–Crippen LogP) is 10.9. The zero-order valence-corrected chi connectivity index (χ0v) is 35.7. The van der Waals surface area contributed by atoms with Crippen LogP contribution in [-0.2, 0) is 0 Å². The van der Waals surface area contributed by atoms with Gasteiger partial charge in [-0.05, 0) is 94.6 Å². The molecule has 0 saturated carbocycles. The molecule has 2 heterocycles. The summed E-state index contributed by atoms with van der Waals surface area (Å²) in [6.45, 7) is 18.9. The molecule has 2 aliphatic heterocycles. The molecule has 7 aromatic rings. The lowest BCUT2D eigenvalue weighted by Gasteiger charge is -2.35. The molecule has 3 nitrogen and oxygen atoms in total. The Hall–Kier alpha value is -5.56. The van der Waals surface area contributed by atoms with Crippen molar-refractivity contribution < 1.29 is 9.47 Å². The normalized spacial score (nSPS) is 12.9. The molecule has 9 rings (SSSR count). The van der Waals surface area contributed by atoms with E-state index in [0.29, 0.717) is 0 Å². The predicted molar refractivity (Wildman–Crippen MR) is 245 cm³/mol. The highest BCUT2D eigenvalue weighted by Gasteiger charge is 2.41. The molecule has 0 atom stereocenters. The van der Waals surface area contributed by atoms with Crippen LogP contribution in [0.15, 0.2) is 146 Å². The molecule has 56 heavy (non-hydrogen) atoms. The Morgan fingerprint density at radius 3 is 1.27 bits per heavy atom. The van der Waals surface area contributed by atoms with Crippen LogP contribution in [0.4, 0.5) is 17.1 Å². The van der Waals surface area contributed by atoms with Gasteiger partial charge in [0.15, 0.2) is 0 Å². The first-order chi connectivity index (χ1) is 26.8. The van der Waals surface area contributed by atoms with E-state index in [1.165, 1.54) is 43.8 Å². The van der Waals surface area contributed by atoms with Gasteiger partial charge in [0.2, 0.25) is 0 Å². The van der Waals surface area contributed by atoms with Crippen LogP contribution < -0.4 is 41.1 Å². The molecular formula is C50H48BNO2Si2. The fourth-order valence-electron chi connectivity index (χ4n) is 8.34. The van der Waals surface area contributed by atoms with Crippen molar-refractivity contribution in [2.45, 2.75) is 53.1 Å². The van der Waals surface area contributed by atoms with Crippen LogP contribution >= 0.6 is 0 Å². The van der Waals surface area contributed by atoms with Gasteiger partial charge in [-0.25, -0.2) is 0 Å². The summed E-state index contributed by atoms with van der Waals surface area (Å²) in [6, 6.07) is 53.2. The van der Waals surface area contributed by atoms with E-state index in [2.05, 4.69) is 204 Å². The number of para-hydroxylation sites is 2. The van der Waals surface area contributed by atoms with Gasteiger partial charge >= 0.3 is 0 Å². The zero-order chi connectivity index (χ0) is 38.9. The lowest BCUT2D eigenvalue weighted by atomic mass is 9.34. The molecule has 0 fully saturated rings. The quantitative estimate of drug-likeness (QED) is 0.151. The summed E-state index contributed by atoms with van der Waals surface area (Å²) >= 11 is 0. The molecule has 7 aromatic carbocycles. The SMILES string of the molecule is Cc1ccc([Si](C)(C)C)cc1-c1ccc2c(c1)Oc1cc(N(c3ccccc3)c3ccccc3)cc3c1B2c1ccc(-c2cc([Si](C)(C)C)ccc2C)cc1O3. The summed E-state index contributed by atoms with van der Waals surface area (Å²) < 4.78 is 14.1.